The van der Waals surface area contributed by atoms with E-state index in [-0.39, 0.29) is 0 Å². The van der Waals surface area contributed by atoms with Gasteiger partial charge in [-0.05, 0) is 44.0 Å². The van der Waals surface area contributed by atoms with Crippen LogP contribution in [0.2, 0.25) is 0 Å². The van der Waals surface area contributed by atoms with E-state index in [2.05, 4.69) is 42.5 Å². The second-order valence-electron chi connectivity index (χ2n) is 5.69. The summed E-state index contributed by atoms with van der Waals surface area (Å²) in [7, 11) is 2.25. The summed E-state index contributed by atoms with van der Waals surface area (Å²) in [5, 5.41) is 0. The smallest absolute Gasteiger partial charge is 0.0470 e. The molecule has 0 aromatic heterocycles. The Balaban J connectivity index is 1.84. The first kappa shape index (κ1) is 14.4. The van der Waals surface area contributed by atoms with Gasteiger partial charge in [0, 0.05) is 37.8 Å². The molecule has 0 aliphatic heterocycles. The summed E-state index contributed by atoms with van der Waals surface area (Å²) in [4.78, 5) is 5.03. The second-order valence-corrected chi connectivity index (χ2v) is 5.69. The van der Waals surface area contributed by atoms with Crippen molar-refractivity contribution in [2.45, 2.75) is 46.0 Å². The first-order chi connectivity index (χ1) is 9.26. The summed E-state index contributed by atoms with van der Waals surface area (Å²) in [6.45, 7) is 9.28. The fourth-order valence-corrected chi connectivity index (χ4v) is 2.60. The maximum absolute atomic E-state index is 3.36. The third-order valence-corrected chi connectivity index (χ3v) is 4.11. The molecule has 0 bridgehead atoms. The highest BCUT2D eigenvalue weighted by Gasteiger charge is 2.24. The lowest BCUT2D eigenvalue weighted by atomic mass is 10.0. The van der Waals surface area contributed by atoms with Gasteiger partial charge < -0.3 is 9.80 Å². The van der Waals surface area contributed by atoms with Crippen molar-refractivity contribution >= 4 is 0 Å². The van der Waals surface area contributed by atoms with Crippen LogP contribution in [0.4, 0.5) is 0 Å². The molecular formula is C17H28N2. The van der Waals surface area contributed by atoms with Crippen molar-refractivity contribution in [1.29, 1.82) is 0 Å². The van der Waals surface area contributed by atoms with E-state index in [0.29, 0.717) is 0 Å². The van der Waals surface area contributed by atoms with Gasteiger partial charge in [-0.2, -0.15) is 0 Å². The van der Waals surface area contributed by atoms with Crippen LogP contribution in [-0.2, 0) is 0 Å². The topological polar surface area (TPSA) is 6.48 Å². The average Bonchev–Trinajstić information content (AvgIpc) is 3.17. The molecule has 0 radical (unpaired) electrons. The van der Waals surface area contributed by atoms with Gasteiger partial charge in [0.25, 0.3) is 0 Å². The number of hydrogen-bond donors (Lipinski definition) is 0. The van der Waals surface area contributed by atoms with Crippen LogP contribution in [-0.4, -0.2) is 43.0 Å². The van der Waals surface area contributed by atoms with E-state index in [1.165, 1.54) is 56.6 Å². The van der Waals surface area contributed by atoms with Crippen molar-refractivity contribution in [2.75, 3.05) is 33.2 Å². The number of allylic oxidation sites excluding steroid dienone is 2. The molecule has 0 spiro atoms. The maximum Gasteiger partial charge on any atom is 0.0470 e. The molecule has 19 heavy (non-hydrogen) atoms. The van der Waals surface area contributed by atoms with Crippen molar-refractivity contribution in [1.82, 2.24) is 9.80 Å². The quantitative estimate of drug-likeness (QED) is 0.585. The number of unbranched alkanes of at least 4 members (excludes halogenated alkanes) is 1. The van der Waals surface area contributed by atoms with E-state index >= 15 is 0 Å². The van der Waals surface area contributed by atoms with Crippen molar-refractivity contribution in [3.8, 4) is 0 Å². The standard InChI is InChI=1S/C17H28N2/c1-4-6-12-19(5-2)14-13-18(3)17(16-10-11-16)15-8-7-9-15/h7H,4-6,8,10-14H2,1-3H3. The molecular weight excluding hydrogens is 232 g/mol. The molecule has 1 fully saturated rings. The van der Waals surface area contributed by atoms with Crippen molar-refractivity contribution in [3.05, 3.63) is 28.7 Å². The maximum atomic E-state index is 3.36. The summed E-state index contributed by atoms with van der Waals surface area (Å²) >= 11 is 0. The van der Waals surface area contributed by atoms with E-state index in [1.807, 2.05) is 0 Å². The zero-order chi connectivity index (χ0) is 13.7. The van der Waals surface area contributed by atoms with Crippen LogP contribution in [0.3, 0.4) is 0 Å². The zero-order valence-corrected chi connectivity index (χ0v) is 12.8. The van der Waals surface area contributed by atoms with Crippen LogP contribution < -0.4 is 0 Å². The van der Waals surface area contributed by atoms with Gasteiger partial charge in [0.05, 0.1) is 0 Å². The van der Waals surface area contributed by atoms with Gasteiger partial charge >= 0.3 is 0 Å². The van der Waals surface area contributed by atoms with E-state index in [0.717, 1.165) is 13.0 Å². The Bertz CT molecular complexity index is 393. The molecule has 0 saturated heterocycles. The minimum absolute atomic E-state index is 1.12. The summed E-state index contributed by atoms with van der Waals surface area (Å²) < 4.78 is 0. The molecule has 0 N–H and O–H groups in total. The molecule has 2 heteroatoms. The molecule has 2 aliphatic rings. The van der Waals surface area contributed by atoms with Crippen LogP contribution in [0.25, 0.3) is 0 Å². The first-order valence-electron chi connectivity index (χ1n) is 7.86. The zero-order valence-electron chi connectivity index (χ0n) is 12.8. The van der Waals surface area contributed by atoms with Gasteiger partial charge in [0.1, 0.15) is 0 Å². The summed E-state index contributed by atoms with van der Waals surface area (Å²) in [5.74, 6) is 0. The summed E-state index contributed by atoms with van der Waals surface area (Å²) in [5.41, 5.74) is 7.96. The molecule has 2 nitrogen and oxygen atoms in total. The van der Waals surface area contributed by atoms with Gasteiger partial charge in [-0.1, -0.05) is 20.3 Å². The minimum atomic E-state index is 1.12. The summed E-state index contributed by atoms with van der Waals surface area (Å²) in [6.07, 6.45) is 8.48. The monoisotopic (exact) mass is 260 g/mol. The van der Waals surface area contributed by atoms with E-state index in [9.17, 15) is 0 Å². The Morgan fingerprint density at radius 1 is 1.21 bits per heavy atom. The number of likely N-dealkylation sites (N-methyl/N-ethyl adjacent to an activating group) is 2. The predicted molar refractivity (Wildman–Crippen MR) is 82.1 cm³/mol. The van der Waals surface area contributed by atoms with Crippen LogP contribution in [0.5, 0.6) is 0 Å². The Hall–Kier alpha value is -0.980. The van der Waals surface area contributed by atoms with Gasteiger partial charge in [0.15, 0.2) is 0 Å². The molecule has 106 valence electrons. The SMILES string of the molecule is CCCCN(CC)CCN(C)C(C1=C=CC1)=C1CC1. The highest BCUT2D eigenvalue weighted by Crippen LogP contribution is 2.38. The molecule has 0 unspecified atom stereocenters. The Labute approximate surface area is 118 Å². The van der Waals surface area contributed by atoms with E-state index in [1.54, 1.807) is 5.57 Å². The van der Waals surface area contributed by atoms with Crippen molar-refractivity contribution in [2.24, 2.45) is 0 Å². The van der Waals surface area contributed by atoms with Gasteiger partial charge in [-0.15, -0.1) is 5.73 Å². The van der Waals surface area contributed by atoms with Crippen molar-refractivity contribution in [3.63, 3.8) is 0 Å². The third kappa shape index (κ3) is 3.99. The van der Waals surface area contributed by atoms with E-state index in [4.69, 9.17) is 0 Å². The predicted octanol–water partition coefficient (Wildman–Crippen LogP) is 3.57. The lowest BCUT2D eigenvalue weighted by Crippen LogP contribution is -2.34. The lowest BCUT2D eigenvalue weighted by Gasteiger charge is -2.28. The molecule has 0 aromatic carbocycles. The fourth-order valence-electron chi connectivity index (χ4n) is 2.60. The van der Waals surface area contributed by atoms with Crippen LogP contribution in [0, 0.1) is 0 Å². The van der Waals surface area contributed by atoms with Crippen LogP contribution in [0.15, 0.2) is 28.7 Å². The van der Waals surface area contributed by atoms with Gasteiger partial charge in [-0.25, -0.2) is 0 Å². The molecule has 2 aliphatic carbocycles. The van der Waals surface area contributed by atoms with Crippen molar-refractivity contribution < 1.29 is 0 Å². The number of hydrogen-bond acceptors (Lipinski definition) is 2. The Morgan fingerprint density at radius 2 is 1.95 bits per heavy atom. The molecule has 0 amide bonds. The number of rotatable bonds is 9. The van der Waals surface area contributed by atoms with Gasteiger partial charge in [0.2, 0.25) is 0 Å². The van der Waals surface area contributed by atoms with Crippen LogP contribution >= 0.6 is 0 Å². The van der Waals surface area contributed by atoms with Crippen LogP contribution in [0.1, 0.15) is 46.0 Å². The molecule has 2 rings (SSSR count). The Morgan fingerprint density at radius 3 is 2.42 bits per heavy atom. The number of nitrogens with zero attached hydrogens (tertiary/aromatic N) is 2. The largest absolute Gasteiger partial charge is 0.373 e. The molecule has 0 aromatic rings. The summed E-state index contributed by atoms with van der Waals surface area (Å²) in [6, 6.07) is 0. The fraction of sp³-hybridized carbons (Fsp3) is 0.706. The highest BCUT2D eigenvalue weighted by atomic mass is 15.2. The van der Waals surface area contributed by atoms with Gasteiger partial charge in [-0.3, -0.25) is 0 Å². The highest BCUT2D eigenvalue weighted by molar-refractivity contribution is 5.43. The molecule has 0 heterocycles. The average molecular weight is 260 g/mol. The molecule has 0 atom stereocenters. The molecule has 1 saturated carbocycles. The third-order valence-electron chi connectivity index (χ3n) is 4.11. The minimum Gasteiger partial charge on any atom is -0.373 e. The Kier molecular flexibility index (Phi) is 5.30. The first-order valence-corrected chi connectivity index (χ1v) is 7.86. The normalized spacial score (nSPS) is 16.4. The van der Waals surface area contributed by atoms with E-state index < -0.39 is 0 Å². The second kappa shape index (κ2) is 6.98. The lowest BCUT2D eigenvalue weighted by molar-refractivity contribution is 0.251.